The molecule has 0 spiro atoms. The second kappa shape index (κ2) is 7.72. The number of methoxy groups -OCH3 is 1. The smallest absolute Gasteiger partial charge is 0.341 e. The van der Waals surface area contributed by atoms with Gasteiger partial charge in [0.15, 0.2) is 11.6 Å². The number of pyridine rings is 1. The number of nitrogens with one attached hydrogen (secondary N) is 1. The molecule has 2 aromatic rings. The predicted molar refractivity (Wildman–Crippen MR) is 111 cm³/mol. The van der Waals surface area contributed by atoms with Crippen LogP contribution in [-0.4, -0.2) is 61.1 Å². The van der Waals surface area contributed by atoms with Crippen LogP contribution in [0.3, 0.4) is 0 Å². The SMILES string of the molecule is COc1c(N2C[C@@H]3NCCO[C@H]3C2)c(F)cc2c(=O)c(C(=O)O)cn(C3CC3)c12.Cl. The Labute approximate surface area is 178 Å². The van der Waals surface area contributed by atoms with Gasteiger partial charge in [-0.2, -0.15) is 0 Å². The van der Waals surface area contributed by atoms with Gasteiger partial charge in [0.05, 0.1) is 36.8 Å². The van der Waals surface area contributed by atoms with Crippen LogP contribution < -0.4 is 20.4 Å². The van der Waals surface area contributed by atoms with Crippen molar-refractivity contribution in [2.45, 2.75) is 31.0 Å². The summed E-state index contributed by atoms with van der Waals surface area (Å²) in [6, 6.07) is 1.33. The number of carboxylic acid groups (broad SMARTS) is 1. The van der Waals surface area contributed by atoms with Gasteiger partial charge < -0.3 is 29.4 Å². The van der Waals surface area contributed by atoms with Crippen molar-refractivity contribution in [2.75, 3.05) is 38.3 Å². The van der Waals surface area contributed by atoms with Crippen molar-refractivity contribution in [3.8, 4) is 5.75 Å². The first-order valence-corrected chi connectivity index (χ1v) is 9.78. The first-order chi connectivity index (χ1) is 14.0. The Hall–Kier alpha value is -2.36. The largest absolute Gasteiger partial charge is 0.492 e. The number of ether oxygens (including phenoxy) is 2. The minimum atomic E-state index is -1.32. The van der Waals surface area contributed by atoms with Gasteiger partial charge in [0.25, 0.3) is 0 Å². The van der Waals surface area contributed by atoms with Gasteiger partial charge in [-0.3, -0.25) is 4.79 Å². The molecule has 5 rings (SSSR count). The van der Waals surface area contributed by atoms with Crippen LogP contribution in [0.2, 0.25) is 0 Å². The third-order valence-corrected chi connectivity index (χ3v) is 6.00. The summed E-state index contributed by atoms with van der Waals surface area (Å²) in [5, 5.41) is 12.8. The van der Waals surface area contributed by atoms with Crippen LogP contribution in [0, 0.1) is 5.82 Å². The molecule has 1 aliphatic carbocycles. The van der Waals surface area contributed by atoms with Gasteiger partial charge in [-0.15, -0.1) is 12.4 Å². The molecular weight excluding hydrogens is 417 g/mol. The zero-order chi connectivity index (χ0) is 20.3. The maximum atomic E-state index is 15.3. The maximum Gasteiger partial charge on any atom is 0.341 e. The molecule has 0 radical (unpaired) electrons. The highest BCUT2D eigenvalue weighted by Crippen LogP contribution is 2.44. The predicted octanol–water partition coefficient (Wildman–Crippen LogP) is 1.78. The lowest BCUT2D eigenvalue weighted by Gasteiger charge is -2.25. The van der Waals surface area contributed by atoms with Crippen LogP contribution in [0.25, 0.3) is 10.9 Å². The van der Waals surface area contributed by atoms with E-state index in [2.05, 4.69) is 5.32 Å². The number of carboxylic acids is 1. The molecule has 3 heterocycles. The molecule has 10 heteroatoms. The van der Waals surface area contributed by atoms with E-state index in [0.717, 1.165) is 25.5 Å². The van der Waals surface area contributed by atoms with Crippen LogP contribution in [0.4, 0.5) is 10.1 Å². The summed E-state index contributed by atoms with van der Waals surface area (Å²) in [5.41, 5.74) is -0.321. The fourth-order valence-corrected chi connectivity index (χ4v) is 4.50. The number of rotatable bonds is 4. The average Bonchev–Trinajstić information content (AvgIpc) is 3.45. The minimum absolute atomic E-state index is 0. The van der Waals surface area contributed by atoms with Gasteiger partial charge in [-0.05, 0) is 18.9 Å². The summed E-state index contributed by atoms with van der Waals surface area (Å²) < 4.78 is 28.5. The van der Waals surface area contributed by atoms with Crippen molar-refractivity contribution in [3.05, 3.63) is 33.9 Å². The zero-order valence-corrected chi connectivity index (χ0v) is 17.2. The average molecular weight is 440 g/mol. The number of benzene rings is 1. The Morgan fingerprint density at radius 2 is 2.13 bits per heavy atom. The number of aromatic nitrogens is 1. The summed E-state index contributed by atoms with van der Waals surface area (Å²) in [4.78, 5) is 26.2. The topological polar surface area (TPSA) is 93.0 Å². The maximum absolute atomic E-state index is 15.3. The lowest BCUT2D eigenvalue weighted by atomic mass is 10.1. The van der Waals surface area contributed by atoms with Crippen LogP contribution in [0.5, 0.6) is 5.75 Å². The fourth-order valence-electron chi connectivity index (χ4n) is 4.50. The first kappa shape index (κ1) is 20.9. The van der Waals surface area contributed by atoms with Crippen molar-refractivity contribution >= 4 is 35.0 Å². The highest BCUT2D eigenvalue weighted by molar-refractivity contribution is 5.97. The van der Waals surface area contributed by atoms with E-state index in [1.165, 1.54) is 13.3 Å². The molecule has 162 valence electrons. The molecule has 1 saturated carbocycles. The Balaban J connectivity index is 0.00000218. The number of hydrogen-bond donors (Lipinski definition) is 2. The lowest BCUT2D eigenvalue weighted by molar-refractivity contribution is 0.0212. The molecule has 30 heavy (non-hydrogen) atoms. The van der Waals surface area contributed by atoms with Crippen molar-refractivity contribution in [1.29, 1.82) is 0 Å². The van der Waals surface area contributed by atoms with Crippen LogP contribution >= 0.6 is 12.4 Å². The van der Waals surface area contributed by atoms with Crippen molar-refractivity contribution in [2.24, 2.45) is 0 Å². The van der Waals surface area contributed by atoms with Gasteiger partial charge in [-0.25, -0.2) is 9.18 Å². The van der Waals surface area contributed by atoms with E-state index in [-0.39, 0.29) is 53.0 Å². The molecule has 2 saturated heterocycles. The Kier molecular flexibility index (Phi) is 5.37. The van der Waals surface area contributed by atoms with Crippen molar-refractivity contribution in [3.63, 3.8) is 0 Å². The summed E-state index contributed by atoms with van der Waals surface area (Å²) in [5.74, 6) is -1.66. The zero-order valence-electron chi connectivity index (χ0n) is 16.4. The molecular formula is C20H23ClFN3O5. The van der Waals surface area contributed by atoms with E-state index in [1.807, 2.05) is 4.90 Å². The molecule has 0 amide bonds. The number of hydrogen-bond acceptors (Lipinski definition) is 6. The van der Waals surface area contributed by atoms with E-state index in [1.54, 1.807) is 4.57 Å². The monoisotopic (exact) mass is 439 g/mol. The Morgan fingerprint density at radius 3 is 2.77 bits per heavy atom. The third kappa shape index (κ3) is 3.21. The van der Waals surface area contributed by atoms with Gasteiger partial charge in [0.1, 0.15) is 11.3 Å². The van der Waals surface area contributed by atoms with Crippen LogP contribution in [-0.2, 0) is 4.74 Å². The third-order valence-electron chi connectivity index (χ3n) is 6.00. The van der Waals surface area contributed by atoms with Gasteiger partial charge >= 0.3 is 5.97 Å². The van der Waals surface area contributed by atoms with E-state index in [4.69, 9.17) is 9.47 Å². The molecule has 2 aliphatic heterocycles. The molecule has 2 N–H and O–H groups in total. The quantitative estimate of drug-likeness (QED) is 0.750. The highest BCUT2D eigenvalue weighted by atomic mass is 35.5. The molecule has 8 nitrogen and oxygen atoms in total. The number of carbonyl (C=O) groups is 1. The number of morpholine rings is 1. The second-order valence-electron chi connectivity index (χ2n) is 7.83. The standard InChI is InChI=1S/C20H22FN3O5.ClH/c1-28-19-16-11(18(25)12(20(26)27)7-24(16)10-2-3-10)6-13(21)17(19)23-8-14-15(9-23)29-5-4-22-14;/h6-7,10,14-15,22H,2-5,8-9H2,1H3,(H,26,27);1H/t14-,15-;/m0./s1. The molecule has 1 aromatic heterocycles. The van der Waals surface area contributed by atoms with E-state index < -0.39 is 17.2 Å². The van der Waals surface area contributed by atoms with Crippen molar-refractivity contribution < 1.29 is 23.8 Å². The summed E-state index contributed by atoms with van der Waals surface area (Å²) >= 11 is 0. The number of halogens is 2. The first-order valence-electron chi connectivity index (χ1n) is 9.78. The highest BCUT2D eigenvalue weighted by Gasteiger charge is 2.39. The van der Waals surface area contributed by atoms with Crippen LogP contribution in [0.15, 0.2) is 17.1 Å². The number of aromatic carboxylic acids is 1. The number of anilines is 1. The summed E-state index contributed by atoms with van der Waals surface area (Å²) in [6.07, 6.45) is 3.07. The Bertz CT molecular complexity index is 1060. The van der Waals surface area contributed by atoms with E-state index >= 15 is 4.39 Å². The fraction of sp³-hybridized carbons (Fsp3) is 0.500. The van der Waals surface area contributed by atoms with Crippen LogP contribution in [0.1, 0.15) is 29.2 Å². The molecule has 3 fully saturated rings. The second-order valence-corrected chi connectivity index (χ2v) is 7.83. The molecule has 1 aromatic carbocycles. The lowest BCUT2D eigenvalue weighted by Crippen LogP contribution is -2.47. The molecule has 2 atom stereocenters. The van der Waals surface area contributed by atoms with Gasteiger partial charge in [-0.1, -0.05) is 0 Å². The van der Waals surface area contributed by atoms with Crippen molar-refractivity contribution in [1.82, 2.24) is 9.88 Å². The number of nitrogens with zero attached hydrogens (tertiary/aromatic N) is 2. The molecule has 0 unspecified atom stereocenters. The van der Waals surface area contributed by atoms with Gasteiger partial charge in [0, 0.05) is 31.9 Å². The molecule has 3 aliphatic rings. The van der Waals surface area contributed by atoms with Gasteiger partial charge in [0.2, 0.25) is 5.43 Å². The minimum Gasteiger partial charge on any atom is -0.492 e. The normalized spacial score (nSPS) is 23.2. The van der Waals surface area contributed by atoms with E-state index in [0.29, 0.717) is 25.2 Å². The van der Waals surface area contributed by atoms with E-state index in [9.17, 15) is 14.7 Å². The Morgan fingerprint density at radius 1 is 1.37 bits per heavy atom. The summed E-state index contributed by atoms with van der Waals surface area (Å²) in [6.45, 7) is 2.44. The number of fused-ring (bicyclic) bond motifs is 2. The molecule has 0 bridgehead atoms. The summed E-state index contributed by atoms with van der Waals surface area (Å²) in [7, 11) is 1.45.